The van der Waals surface area contributed by atoms with E-state index in [1.807, 2.05) is 0 Å². The van der Waals surface area contributed by atoms with E-state index in [1.54, 1.807) is 0 Å². The Labute approximate surface area is 631 Å². The number of allylic oxidation sites excluding steroid dienone is 4. The first-order chi connectivity index (χ1) is 50.2. The van der Waals surface area contributed by atoms with Crippen molar-refractivity contribution in [3.8, 4) is 0 Å². The van der Waals surface area contributed by atoms with Crippen molar-refractivity contribution in [3.63, 3.8) is 0 Å². The molecule has 608 valence electrons. The quantitative estimate of drug-likeness (QED) is 0.0169. The monoisotopic (exact) mass is 1500 g/mol. The van der Waals surface area contributed by atoms with Gasteiger partial charge in [-0.25, -0.2) is 9.13 Å². The summed E-state index contributed by atoms with van der Waals surface area (Å²) < 4.78 is 68.8. The molecule has 17 nitrogen and oxygen atoms in total. The molecular weight excluding hydrogens is 1340 g/mol. The van der Waals surface area contributed by atoms with Crippen molar-refractivity contribution in [1.82, 2.24) is 0 Å². The van der Waals surface area contributed by atoms with E-state index in [1.165, 1.54) is 244 Å². The minimum Gasteiger partial charge on any atom is -0.462 e. The summed E-state index contributed by atoms with van der Waals surface area (Å²) in [5, 5.41) is 10.7. The Hall–Kier alpha value is -2.46. The number of aliphatic hydroxyl groups is 1. The van der Waals surface area contributed by atoms with Crippen molar-refractivity contribution in [2.24, 2.45) is 0 Å². The zero-order chi connectivity index (χ0) is 75.3. The topological polar surface area (TPSA) is 237 Å². The highest BCUT2D eigenvalue weighted by atomic mass is 31.2. The van der Waals surface area contributed by atoms with E-state index in [0.29, 0.717) is 25.7 Å². The molecule has 103 heavy (non-hydrogen) atoms. The number of esters is 4. The maximum atomic E-state index is 13.1. The first kappa shape index (κ1) is 101. The molecule has 0 saturated heterocycles. The molecule has 0 aliphatic heterocycles. The van der Waals surface area contributed by atoms with Crippen molar-refractivity contribution < 1.29 is 80.2 Å². The fourth-order valence-corrected chi connectivity index (χ4v) is 14.2. The molecule has 0 aromatic rings. The first-order valence-electron chi connectivity index (χ1n) is 43.1. The zero-order valence-electron chi connectivity index (χ0n) is 66.8. The van der Waals surface area contributed by atoms with Gasteiger partial charge in [-0.1, -0.05) is 379 Å². The lowest BCUT2D eigenvalue weighted by Gasteiger charge is -2.21. The maximum Gasteiger partial charge on any atom is 0.472 e. The van der Waals surface area contributed by atoms with Crippen molar-refractivity contribution in [2.75, 3.05) is 39.6 Å². The van der Waals surface area contributed by atoms with Crippen LogP contribution in [-0.4, -0.2) is 96.7 Å². The van der Waals surface area contributed by atoms with Gasteiger partial charge < -0.3 is 33.8 Å². The van der Waals surface area contributed by atoms with E-state index in [2.05, 4.69) is 52.0 Å². The molecule has 0 radical (unpaired) electrons. The highest BCUT2D eigenvalue weighted by Gasteiger charge is 2.30. The molecule has 2 unspecified atom stereocenters. The Kier molecular flexibility index (Phi) is 75.8. The minimum atomic E-state index is -4.97. The molecule has 0 saturated carbocycles. The SMILES string of the molecule is CCCCCC/C=C\C=C/CCCCCCCC(=O)OC[C@H](COP(=O)(O)OC[C@@H](O)COP(=O)(O)OC[C@@H](COC(=O)CCCCCCCCCCCCCCC)OC(=O)CCCCCCCCCCCCCCCC)OC(=O)CCCCCCCCCCCCCCCCCCCCCCC. The summed E-state index contributed by atoms with van der Waals surface area (Å²) in [4.78, 5) is 73.1. The molecule has 0 heterocycles. The minimum absolute atomic E-state index is 0.103. The fourth-order valence-electron chi connectivity index (χ4n) is 12.6. The second kappa shape index (κ2) is 77.7. The Balaban J connectivity index is 5.27. The van der Waals surface area contributed by atoms with Crippen LogP contribution in [0.5, 0.6) is 0 Å². The van der Waals surface area contributed by atoms with Crippen LogP contribution >= 0.6 is 15.6 Å². The van der Waals surface area contributed by atoms with Gasteiger partial charge in [-0.05, 0) is 51.4 Å². The summed E-state index contributed by atoms with van der Waals surface area (Å²) in [5.41, 5.74) is 0. The number of ether oxygens (including phenoxy) is 4. The van der Waals surface area contributed by atoms with Crippen LogP contribution < -0.4 is 0 Å². The maximum absolute atomic E-state index is 13.1. The van der Waals surface area contributed by atoms with E-state index in [4.69, 9.17) is 37.0 Å². The standard InChI is InChI=1S/C84H160O17P2/c1-5-9-13-17-21-25-29-33-36-37-38-39-40-41-43-47-51-55-59-63-67-71-84(89)101-80(75-95-82(87)69-65-61-57-53-49-46-42-34-30-26-22-18-14-10-6-2)77-99-103(92,93)97-73-78(85)72-96-102(90,91)98-76-79(74-94-81(86)68-64-60-56-52-48-44-32-28-24-20-16-12-8-4)100-83(88)70-66-62-58-54-50-45-35-31-27-23-19-15-11-7-3/h26,30,34,42,78-80,85H,5-25,27-29,31-33,35-41,43-77H2,1-4H3,(H,90,91)(H,92,93)/b30-26-,42-34-/t78-,79+,80+/m0/s1. The van der Waals surface area contributed by atoms with Crippen molar-refractivity contribution in [3.05, 3.63) is 24.3 Å². The second-order valence-corrected chi connectivity index (χ2v) is 32.4. The van der Waals surface area contributed by atoms with Gasteiger partial charge in [0, 0.05) is 25.7 Å². The molecule has 0 bridgehead atoms. The third-order valence-corrected chi connectivity index (χ3v) is 21.1. The fraction of sp³-hybridized carbons (Fsp3) is 0.905. The lowest BCUT2D eigenvalue weighted by molar-refractivity contribution is -0.161. The van der Waals surface area contributed by atoms with Crippen molar-refractivity contribution >= 4 is 39.5 Å². The van der Waals surface area contributed by atoms with Crippen LogP contribution in [-0.2, 0) is 65.4 Å². The number of unbranched alkanes of at least 4 members (excludes halogenated alkanes) is 54. The summed E-state index contributed by atoms with van der Waals surface area (Å²) in [7, 11) is -9.93. The summed E-state index contributed by atoms with van der Waals surface area (Å²) in [5.74, 6) is -2.13. The first-order valence-corrected chi connectivity index (χ1v) is 46.1. The number of hydrogen-bond donors (Lipinski definition) is 3. The van der Waals surface area contributed by atoms with Gasteiger partial charge >= 0.3 is 39.5 Å². The molecule has 3 N–H and O–H groups in total. The van der Waals surface area contributed by atoms with E-state index in [9.17, 15) is 43.2 Å². The number of phosphoric acid groups is 2. The molecule has 0 rings (SSSR count). The lowest BCUT2D eigenvalue weighted by Crippen LogP contribution is -2.30. The van der Waals surface area contributed by atoms with Gasteiger partial charge in [-0.3, -0.25) is 37.3 Å². The van der Waals surface area contributed by atoms with Gasteiger partial charge in [0.25, 0.3) is 0 Å². The molecule has 0 aromatic carbocycles. The summed E-state index contributed by atoms with van der Waals surface area (Å²) >= 11 is 0. The Bertz CT molecular complexity index is 2040. The lowest BCUT2D eigenvalue weighted by atomic mass is 10.0. The molecule has 0 fully saturated rings. The number of aliphatic hydroxyl groups excluding tert-OH is 1. The Morgan fingerprint density at radius 3 is 0.709 bits per heavy atom. The smallest absolute Gasteiger partial charge is 0.462 e. The highest BCUT2D eigenvalue weighted by Crippen LogP contribution is 2.45. The van der Waals surface area contributed by atoms with Gasteiger partial charge in [-0.2, -0.15) is 0 Å². The second-order valence-electron chi connectivity index (χ2n) is 29.5. The van der Waals surface area contributed by atoms with Crippen LogP contribution in [0.25, 0.3) is 0 Å². The number of hydrogen-bond acceptors (Lipinski definition) is 15. The molecule has 0 amide bonds. The van der Waals surface area contributed by atoms with Gasteiger partial charge in [0.15, 0.2) is 12.2 Å². The third kappa shape index (κ3) is 77.5. The highest BCUT2D eigenvalue weighted by molar-refractivity contribution is 7.47. The molecule has 19 heteroatoms. The van der Waals surface area contributed by atoms with E-state index in [-0.39, 0.29) is 25.7 Å². The number of phosphoric ester groups is 2. The molecule has 0 aliphatic rings. The molecule has 5 atom stereocenters. The largest absolute Gasteiger partial charge is 0.472 e. The average Bonchev–Trinajstić information content (AvgIpc) is 0.916. The molecule has 0 aliphatic carbocycles. The predicted molar refractivity (Wildman–Crippen MR) is 423 cm³/mol. The molecular formula is C84H160O17P2. The van der Waals surface area contributed by atoms with E-state index in [0.717, 1.165) is 109 Å². The van der Waals surface area contributed by atoms with Gasteiger partial charge in [0.2, 0.25) is 0 Å². The normalized spacial score (nSPS) is 13.9. The van der Waals surface area contributed by atoms with Gasteiger partial charge in [0.1, 0.15) is 19.3 Å². The summed E-state index contributed by atoms with van der Waals surface area (Å²) in [6, 6.07) is 0. The van der Waals surface area contributed by atoms with E-state index >= 15 is 0 Å². The average molecular weight is 1500 g/mol. The number of carbonyl (C=O) groups excluding carboxylic acids is 4. The Morgan fingerprint density at radius 1 is 0.272 bits per heavy atom. The van der Waals surface area contributed by atoms with Crippen molar-refractivity contribution in [2.45, 2.75) is 451 Å². The summed E-state index contributed by atoms with van der Waals surface area (Å²) in [6.07, 6.45) is 74.3. The third-order valence-electron chi connectivity index (χ3n) is 19.2. The summed E-state index contributed by atoms with van der Waals surface area (Å²) in [6.45, 7) is 4.98. The zero-order valence-corrected chi connectivity index (χ0v) is 68.6. The van der Waals surface area contributed by atoms with Crippen LogP contribution in [0.2, 0.25) is 0 Å². The van der Waals surface area contributed by atoms with Crippen LogP contribution in [0, 0.1) is 0 Å². The van der Waals surface area contributed by atoms with Crippen LogP contribution in [0.15, 0.2) is 24.3 Å². The predicted octanol–water partition coefficient (Wildman–Crippen LogP) is 25.3. The molecule has 0 spiro atoms. The van der Waals surface area contributed by atoms with Crippen LogP contribution in [0.4, 0.5) is 0 Å². The number of rotatable bonds is 83. The Morgan fingerprint density at radius 2 is 0.466 bits per heavy atom. The van der Waals surface area contributed by atoms with Crippen LogP contribution in [0.1, 0.15) is 432 Å². The van der Waals surface area contributed by atoms with Crippen LogP contribution in [0.3, 0.4) is 0 Å². The number of carbonyl (C=O) groups is 4. The van der Waals surface area contributed by atoms with Gasteiger partial charge in [0.05, 0.1) is 26.4 Å². The van der Waals surface area contributed by atoms with E-state index < -0.39 is 97.5 Å². The molecule has 0 aromatic heterocycles. The van der Waals surface area contributed by atoms with Crippen molar-refractivity contribution in [1.29, 1.82) is 0 Å². The van der Waals surface area contributed by atoms with Gasteiger partial charge in [-0.15, -0.1) is 0 Å².